The summed E-state index contributed by atoms with van der Waals surface area (Å²) in [7, 11) is 0. The highest BCUT2D eigenvalue weighted by atomic mass is 79.9. The van der Waals surface area contributed by atoms with Crippen LogP contribution in [0.15, 0.2) is 46.9 Å². The molecule has 0 spiro atoms. The maximum atomic E-state index is 12.1. The molecule has 0 heterocycles. The molecule has 0 radical (unpaired) electrons. The van der Waals surface area contributed by atoms with Crippen molar-refractivity contribution in [3.05, 3.63) is 52.5 Å². The molecule has 0 fully saturated rings. The molecule has 2 nitrogen and oxygen atoms in total. The molecular weight excluding hydrogens is 371 g/mol. The zero-order valence-corrected chi connectivity index (χ0v) is 13.1. The smallest absolute Gasteiger partial charge is 0.406 e. The third kappa shape index (κ3) is 5.22. The number of halogens is 5. The number of benzene rings is 2. The summed E-state index contributed by atoms with van der Waals surface area (Å²) in [6, 6.07) is 11.4. The van der Waals surface area contributed by atoms with Crippen molar-refractivity contribution in [2.75, 3.05) is 0 Å². The van der Waals surface area contributed by atoms with Gasteiger partial charge < -0.3 is 10.5 Å². The number of nitrogens with two attached hydrogens (primary N) is 1. The van der Waals surface area contributed by atoms with Gasteiger partial charge in [0.25, 0.3) is 0 Å². The fourth-order valence-electron chi connectivity index (χ4n) is 1.78. The fourth-order valence-corrected chi connectivity index (χ4v) is 2.32. The Morgan fingerprint density at radius 2 is 1.62 bits per heavy atom. The molecule has 7 heteroatoms. The summed E-state index contributed by atoms with van der Waals surface area (Å²) in [5.74, 6) is -0.240. The van der Waals surface area contributed by atoms with E-state index in [4.69, 9.17) is 5.73 Å². The number of ether oxygens (including phenoxy) is 1. The van der Waals surface area contributed by atoms with Crippen molar-refractivity contribution in [2.45, 2.75) is 12.9 Å². The second-order valence-corrected chi connectivity index (χ2v) is 5.04. The summed E-state index contributed by atoms with van der Waals surface area (Å²) in [5, 5.41) is 0. The van der Waals surface area contributed by atoms with Crippen molar-refractivity contribution >= 4 is 28.3 Å². The molecular formula is C14H12BrClF3NO. The number of alkyl halides is 3. The minimum absolute atomic E-state index is 0. The Balaban J connectivity index is 0.00000220. The van der Waals surface area contributed by atoms with Gasteiger partial charge in [0.05, 0.1) is 0 Å². The third-order valence-electron chi connectivity index (χ3n) is 2.61. The zero-order chi connectivity index (χ0) is 14.8. The number of hydrogen-bond donors (Lipinski definition) is 1. The molecule has 0 bridgehead atoms. The largest absolute Gasteiger partial charge is 0.573 e. The van der Waals surface area contributed by atoms with Crippen LogP contribution < -0.4 is 10.5 Å². The van der Waals surface area contributed by atoms with Gasteiger partial charge >= 0.3 is 6.36 Å². The lowest BCUT2D eigenvalue weighted by Gasteiger charge is -2.10. The van der Waals surface area contributed by atoms with E-state index >= 15 is 0 Å². The van der Waals surface area contributed by atoms with E-state index in [1.165, 1.54) is 12.1 Å². The molecule has 21 heavy (non-hydrogen) atoms. The average molecular weight is 383 g/mol. The van der Waals surface area contributed by atoms with E-state index in [0.717, 1.165) is 21.2 Å². The molecule has 0 saturated heterocycles. The van der Waals surface area contributed by atoms with Crippen LogP contribution in [-0.4, -0.2) is 6.36 Å². The maximum absolute atomic E-state index is 12.1. The first-order chi connectivity index (χ1) is 9.37. The summed E-state index contributed by atoms with van der Waals surface area (Å²) in [6.45, 7) is 0.391. The summed E-state index contributed by atoms with van der Waals surface area (Å²) in [4.78, 5) is 0. The maximum Gasteiger partial charge on any atom is 0.573 e. The van der Waals surface area contributed by atoms with Gasteiger partial charge in [0, 0.05) is 11.0 Å². The fraction of sp³-hybridized carbons (Fsp3) is 0.143. The van der Waals surface area contributed by atoms with Crippen LogP contribution in [0.2, 0.25) is 0 Å². The lowest BCUT2D eigenvalue weighted by molar-refractivity contribution is -0.274. The monoisotopic (exact) mass is 381 g/mol. The normalized spacial score (nSPS) is 10.9. The molecule has 0 aromatic heterocycles. The van der Waals surface area contributed by atoms with E-state index in [-0.39, 0.29) is 18.2 Å². The molecule has 0 aliphatic carbocycles. The quantitative estimate of drug-likeness (QED) is 0.820. The van der Waals surface area contributed by atoms with Crippen LogP contribution in [0, 0.1) is 0 Å². The van der Waals surface area contributed by atoms with E-state index in [2.05, 4.69) is 20.7 Å². The highest BCUT2D eigenvalue weighted by molar-refractivity contribution is 9.10. The highest BCUT2D eigenvalue weighted by Gasteiger charge is 2.30. The first-order valence-electron chi connectivity index (χ1n) is 5.73. The molecule has 0 saturated carbocycles. The van der Waals surface area contributed by atoms with Crippen molar-refractivity contribution in [3.63, 3.8) is 0 Å². The third-order valence-corrected chi connectivity index (χ3v) is 3.07. The van der Waals surface area contributed by atoms with Crippen LogP contribution in [0.3, 0.4) is 0 Å². The molecule has 0 aliphatic heterocycles. The molecule has 2 rings (SSSR count). The Labute approximate surface area is 134 Å². The predicted molar refractivity (Wildman–Crippen MR) is 81.4 cm³/mol. The second-order valence-electron chi connectivity index (χ2n) is 4.12. The van der Waals surface area contributed by atoms with E-state index in [9.17, 15) is 13.2 Å². The van der Waals surface area contributed by atoms with Crippen LogP contribution in [0.4, 0.5) is 13.2 Å². The van der Waals surface area contributed by atoms with E-state index in [1.807, 2.05) is 18.2 Å². The van der Waals surface area contributed by atoms with Gasteiger partial charge in [-0.2, -0.15) is 0 Å². The van der Waals surface area contributed by atoms with Crippen LogP contribution in [0.25, 0.3) is 11.1 Å². The van der Waals surface area contributed by atoms with Crippen molar-refractivity contribution in [3.8, 4) is 16.9 Å². The van der Waals surface area contributed by atoms with Gasteiger partial charge in [0.15, 0.2) is 0 Å². The van der Waals surface area contributed by atoms with Gasteiger partial charge in [-0.05, 0) is 47.0 Å². The van der Waals surface area contributed by atoms with Crippen LogP contribution in [0.5, 0.6) is 5.75 Å². The lowest BCUT2D eigenvalue weighted by atomic mass is 10.0. The zero-order valence-electron chi connectivity index (χ0n) is 10.7. The second kappa shape index (κ2) is 7.15. The number of rotatable bonds is 3. The molecule has 0 amide bonds. The van der Waals surface area contributed by atoms with Gasteiger partial charge in [0.2, 0.25) is 0 Å². The van der Waals surface area contributed by atoms with Crippen molar-refractivity contribution < 1.29 is 17.9 Å². The topological polar surface area (TPSA) is 35.2 Å². The number of hydrogen-bond acceptors (Lipinski definition) is 2. The van der Waals surface area contributed by atoms with E-state index < -0.39 is 6.36 Å². The minimum Gasteiger partial charge on any atom is -0.406 e. The highest BCUT2D eigenvalue weighted by Crippen LogP contribution is 2.28. The van der Waals surface area contributed by atoms with Crippen LogP contribution in [-0.2, 0) is 6.54 Å². The lowest BCUT2D eigenvalue weighted by Crippen LogP contribution is -2.16. The van der Waals surface area contributed by atoms with Crippen molar-refractivity contribution in [2.24, 2.45) is 5.73 Å². The van der Waals surface area contributed by atoms with Crippen LogP contribution >= 0.6 is 28.3 Å². The van der Waals surface area contributed by atoms with E-state index in [1.54, 1.807) is 12.1 Å². The minimum atomic E-state index is -4.68. The van der Waals surface area contributed by atoms with Crippen molar-refractivity contribution in [1.29, 1.82) is 0 Å². The first-order valence-corrected chi connectivity index (χ1v) is 6.52. The standard InChI is InChI=1S/C14H11BrF3NO.ClH/c15-12-6-9(8-19)5-11(7-12)10-1-3-13(4-2-10)20-14(16,17)18;/h1-7H,8,19H2;1H. The van der Waals surface area contributed by atoms with Gasteiger partial charge in [-0.1, -0.05) is 28.1 Å². The molecule has 2 N–H and O–H groups in total. The summed E-state index contributed by atoms with van der Waals surface area (Å²) < 4.78 is 40.9. The molecule has 0 aliphatic rings. The molecule has 0 atom stereocenters. The molecule has 114 valence electrons. The Bertz CT molecular complexity index is 602. The predicted octanol–water partition coefficient (Wildman–Crippen LogP) is 4.90. The summed E-state index contributed by atoms with van der Waals surface area (Å²) in [6.07, 6.45) is -4.68. The Morgan fingerprint density at radius 1 is 1.00 bits per heavy atom. The Kier molecular flexibility index (Phi) is 6.07. The summed E-state index contributed by atoms with van der Waals surface area (Å²) in [5.41, 5.74) is 8.19. The molecule has 2 aromatic rings. The van der Waals surface area contributed by atoms with Crippen molar-refractivity contribution in [1.82, 2.24) is 0 Å². The van der Waals surface area contributed by atoms with Gasteiger partial charge in [0.1, 0.15) is 5.75 Å². The molecule has 2 aromatic carbocycles. The van der Waals surface area contributed by atoms with Gasteiger partial charge in [-0.25, -0.2) is 0 Å². The average Bonchev–Trinajstić information content (AvgIpc) is 2.37. The van der Waals surface area contributed by atoms with Gasteiger partial charge in [-0.3, -0.25) is 0 Å². The Hall–Kier alpha value is -1.24. The molecule has 0 unspecified atom stereocenters. The van der Waals surface area contributed by atoms with Gasteiger partial charge in [-0.15, -0.1) is 25.6 Å². The first kappa shape index (κ1) is 17.8. The summed E-state index contributed by atoms with van der Waals surface area (Å²) >= 11 is 3.38. The Morgan fingerprint density at radius 3 is 2.14 bits per heavy atom. The van der Waals surface area contributed by atoms with E-state index in [0.29, 0.717) is 6.54 Å². The SMILES string of the molecule is Cl.NCc1cc(Br)cc(-c2ccc(OC(F)(F)F)cc2)c1. The van der Waals surface area contributed by atoms with Crippen LogP contribution in [0.1, 0.15) is 5.56 Å².